The van der Waals surface area contributed by atoms with E-state index in [2.05, 4.69) is 41.4 Å². The molecule has 3 aromatic carbocycles. The van der Waals surface area contributed by atoms with Gasteiger partial charge >= 0.3 is 5.69 Å². The lowest BCUT2D eigenvalue weighted by molar-refractivity contribution is -0.00594. The molecular weight excluding hydrogens is 444 g/mol. The van der Waals surface area contributed by atoms with Crippen LogP contribution in [-0.2, 0) is 9.16 Å². The molecule has 170 valence electrons. The van der Waals surface area contributed by atoms with Crippen molar-refractivity contribution in [1.82, 2.24) is 9.55 Å². The van der Waals surface area contributed by atoms with Crippen LogP contribution in [0.4, 0.5) is 0 Å². The molecule has 6 nitrogen and oxygen atoms in total. The lowest BCUT2D eigenvalue weighted by Gasteiger charge is -2.34. The van der Waals surface area contributed by atoms with Crippen molar-refractivity contribution >= 4 is 23.9 Å². The van der Waals surface area contributed by atoms with Gasteiger partial charge in [0.05, 0.1) is 6.61 Å². The highest BCUT2D eigenvalue weighted by Crippen LogP contribution is 2.21. The largest absolute Gasteiger partial charge is 0.401 e. The molecule has 0 fully saturated rings. The molecule has 5 rings (SSSR count). The Morgan fingerprint density at radius 2 is 1.29 bits per heavy atom. The van der Waals surface area contributed by atoms with Crippen LogP contribution >= 0.6 is 0 Å². The fourth-order valence-electron chi connectivity index (χ4n) is 4.35. The van der Waals surface area contributed by atoms with Crippen LogP contribution in [0.3, 0.4) is 0 Å². The number of hydrogen-bond acceptors (Lipinski definition) is 4. The molecule has 0 spiro atoms. The molecular formula is C27H24N2O4Si. The number of hydrogen-bond donors (Lipinski definition) is 1. The van der Waals surface area contributed by atoms with Crippen LogP contribution in [0.5, 0.6) is 0 Å². The zero-order valence-electron chi connectivity index (χ0n) is 18.4. The van der Waals surface area contributed by atoms with Crippen LogP contribution < -0.4 is 26.8 Å². The Hall–Kier alpha value is -3.78. The maximum absolute atomic E-state index is 12.2. The van der Waals surface area contributed by atoms with Crippen molar-refractivity contribution in [1.29, 1.82) is 0 Å². The molecule has 1 aromatic heterocycles. The van der Waals surface area contributed by atoms with Gasteiger partial charge in [-0.2, -0.15) is 0 Å². The Kier molecular flexibility index (Phi) is 6.22. The molecule has 0 bridgehead atoms. The third-order valence-corrected chi connectivity index (χ3v) is 9.97. The molecule has 0 saturated carbocycles. The van der Waals surface area contributed by atoms with E-state index < -0.39 is 25.8 Å². The first-order chi connectivity index (χ1) is 16.7. The highest BCUT2D eigenvalue weighted by atomic mass is 28.4. The molecule has 2 atom stereocenters. The van der Waals surface area contributed by atoms with E-state index in [9.17, 15) is 9.59 Å². The third kappa shape index (κ3) is 4.24. The van der Waals surface area contributed by atoms with Gasteiger partial charge < -0.3 is 9.16 Å². The lowest BCUT2D eigenvalue weighted by Crippen LogP contribution is -2.69. The summed E-state index contributed by atoms with van der Waals surface area (Å²) in [6, 6.07) is 32.3. The van der Waals surface area contributed by atoms with Gasteiger partial charge in [0.1, 0.15) is 6.10 Å². The summed E-state index contributed by atoms with van der Waals surface area (Å²) in [5, 5.41) is 3.42. The molecule has 7 heteroatoms. The zero-order chi connectivity index (χ0) is 23.4. The van der Waals surface area contributed by atoms with E-state index in [1.54, 1.807) is 0 Å². The number of benzene rings is 3. The average Bonchev–Trinajstić information content (AvgIpc) is 3.35. The van der Waals surface area contributed by atoms with Crippen LogP contribution in [0.1, 0.15) is 6.23 Å². The second kappa shape index (κ2) is 9.60. The summed E-state index contributed by atoms with van der Waals surface area (Å²) in [4.78, 5) is 25.8. The minimum absolute atomic E-state index is 0.315. The van der Waals surface area contributed by atoms with Gasteiger partial charge in [0.2, 0.25) is 0 Å². The molecule has 1 aliphatic heterocycles. The first-order valence-electron chi connectivity index (χ1n) is 11.1. The monoisotopic (exact) mass is 468 g/mol. The molecule has 1 aliphatic rings. The number of aromatic amines is 1. The van der Waals surface area contributed by atoms with E-state index in [0.29, 0.717) is 6.61 Å². The van der Waals surface area contributed by atoms with Crippen molar-refractivity contribution in [2.45, 2.75) is 12.3 Å². The smallest absolute Gasteiger partial charge is 0.330 e. The zero-order valence-corrected chi connectivity index (χ0v) is 19.4. The Morgan fingerprint density at radius 3 is 1.79 bits per heavy atom. The number of aromatic nitrogens is 2. The van der Waals surface area contributed by atoms with Crippen molar-refractivity contribution in [2.24, 2.45) is 0 Å². The predicted octanol–water partition coefficient (Wildman–Crippen LogP) is 1.67. The van der Waals surface area contributed by atoms with Crippen LogP contribution in [0, 0.1) is 0 Å². The second-order valence-corrected chi connectivity index (χ2v) is 11.4. The first kappa shape index (κ1) is 22.0. The first-order valence-corrected chi connectivity index (χ1v) is 13.0. The van der Waals surface area contributed by atoms with Gasteiger partial charge in [-0.05, 0) is 21.6 Å². The summed E-state index contributed by atoms with van der Waals surface area (Å²) in [5.41, 5.74) is -0.947. The fourth-order valence-corrected chi connectivity index (χ4v) is 8.25. The van der Waals surface area contributed by atoms with Gasteiger partial charge in [0.15, 0.2) is 6.23 Å². The topological polar surface area (TPSA) is 73.3 Å². The molecule has 2 heterocycles. The minimum Gasteiger partial charge on any atom is -0.401 e. The van der Waals surface area contributed by atoms with Gasteiger partial charge in [-0.15, -0.1) is 0 Å². The molecule has 0 unspecified atom stereocenters. The average molecular weight is 469 g/mol. The van der Waals surface area contributed by atoms with Crippen LogP contribution in [-0.4, -0.2) is 30.6 Å². The van der Waals surface area contributed by atoms with E-state index in [-0.39, 0.29) is 6.10 Å². The van der Waals surface area contributed by atoms with Gasteiger partial charge in [-0.25, -0.2) is 4.79 Å². The second-order valence-electron chi connectivity index (χ2n) is 8.06. The highest BCUT2D eigenvalue weighted by Gasteiger charge is 2.42. The van der Waals surface area contributed by atoms with Gasteiger partial charge in [0.25, 0.3) is 13.9 Å². The normalized spacial score (nSPS) is 17.6. The van der Waals surface area contributed by atoms with Crippen LogP contribution in [0.25, 0.3) is 0 Å². The SMILES string of the molecule is O=c1ccn([C@H]2C=C[C@@H](CO[Si](c3ccccc3)(c3ccccc3)c3ccccc3)O2)c(=O)[nH]1. The molecule has 34 heavy (non-hydrogen) atoms. The fraction of sp³-hybridized carbons (Fsp3) is 0.111. The van der Waals surface area contributed by atoms with E-state index in [1.165, 1.54) is 16.8 Å². The lowest BCUT2D eigenvalue weighted by atomic mass is 10.3. The van der Waals surface area contributed by atoms with E-state index in [1.807, 2.05) is 66.7 Å². The van der Waals surface area contributed by atoms with E-state index >= 15 is 0 Å². The van der Waals surface area contributed by atoms with Crippen molar-refractivity contribution in [3.05, 3.63) is 136 Å². The predicted molar refractivity (Wildman–Crippen MR) is 134 cm³/mol. The molecule has 1 N–H and O–H groups in total. The number of rotatable bonds is 7. The molecule has 0 amide bonds. The maximum atomic E-state index is 12.2. The number of nitrogens with zero attached hydrogens (tertiary/aromatic N) is 1. The minimum atomic E-state index is -2.84. The Morgan fingerprint density at radius 1 is 0.765 bits per heavy atom. The summed E-state index contributed by atoms with van der Waals surface area (Å²) in [6.07, 6.45) is 4.22. The third-order valence-electron chi connectivity index (χ3n) is 5.93. The summed E-state index contributed by atoms with van der Waals surface area (Å²) in [7, 11) is -2.84. The van der Waals surface area contributed by atoms with Crippen molar-refractivity contribution < 1.29 is 9.16 Å². The maximum Gasteiger partial charge on any atom is 0.330 e. The summed E-state index contributed by atoms with van der Waals surface area (Å²) in [5.74, 6) is 0. The Bertz CT molecular complexity index is 1290. The summed E-state index contributed by atoms with van der Waals surface area (Å²) >= 11 is 0. The van der Waals surface area contributed by atoms with Crippen molar-refractivity contribution in [3.8, 4) is 0 Å². The molecule has 0 aliphatic carbocycles. The number of ether oxygens (including phenoxy) is 1. The standard InChI is InChI=1S/C27H24N2O4Si/c30-25-18-19-29(27(31)28-25)26-17-16-21(33-26)20-32-34(22-10-4-1-5-11-22,23-12-6-2-7-13-23)24-14-8-3-9-15-24/h1-19,21,26H,20H2,(H,28,30,31)/t21-,26+/m0/s1. The highest BCUT2D eigenvalue weighted by molar-refractivity contribution is 7.07. The quantitative estimate of drug-likeness (QED) is 0.254. The molecule has 4 aromatic rings. The summed E-state index contributed by atoms with van der Waals surface area (Å²) < 4.78 is 14.4. The molecule has 0 saturated heterocycles. The number of nitrogens with one attached hydrogen (secondary N) is 1. The van der Waals surface area contributed by atoms with E-state index in [0.717, 1.165) is 15.6 Å². The van der Waals surface area contributed by atoms with Crippen LogP contribution in [0.15, 0.2) is 125 Å². The van der Waals surface area contributed by atoms with Gasteiger partial charge in [0, 0.05) is 12.3 Å². The molecule has 0 radical (unpaired) electrons. The summed E-state index contributed by atoms with van der Waals surface area (Å²) in [6.45, 7) is 0.315. The van der Waals surface area contributed by atoms with Crippen LogP contribution in [0.2, 0.25) is 0 Å². The van der Waals surface area contributed by atoms with Gasteiger partial charge in [-0.1, -0.05) is 97.1 Å². The van der Waals surface area contributed by atoms with Gasteiger partial charge in [-0.3, -0.25) is 14.3 Å². The Labute approximate surface area is 197 Å². The van der Waals surface area contributed by atoms with Crippen molar-refractivity contribution in [3.63, 3.8) is 0 Å². The Balaban J connectivity index is 1.48. The number of H-pyrrole nitrogens is 1. The van der Waals surface area contributed by atoms with Crippen molar-refractivity contribution in [2.75, 3.05) is 6.61 Å². The van der Waals surface area contributed by atoms with E-state index in [4.69, 9.17) is 9.16 Å².